The number of fused-ring (bicyclic) bond motifs is 1. The van der Waals surface area contributed by atoms with E-state index in [4.69, 9.17) is 16.3 Å². The van der Waals surface area contributed by atoms with Gasteiger partial charge in [-0.3, -0.25) is 0 Å². The first-order valence-electron chi connectivity index (χ1n) is 6.80. The summed E-state index contributed by atoms with van der Waals surface area (Å²) < 4.78 is 7.81. The second kappa shape index (κ2) is 6.92. The monoisotopic (exact) mass is 280 g/mol. The van der Waals surface area contributed by atoms with Gasteiger partial charge in [-0.15, -0.1) is 11.6 Å². The minimum atomic E-state index is 0.446. The standard InChI is InChI=1S/C15H21ClN2O/c1-12(2)11-19-9-5-8-18-14-7-4-3-6-13(14)17-15(18)10-16/h3-4,6-7,12H,5,8-11H2,1-2H3. The van der Waals surface area contributed by atoms with Crippen LogP contribution in [0.25, 0.3) is 11.0 Å². The molecular formula is C15H21ClN2O. The van der Waals surface area contributed by atoms with Crippen LogP contribution in [0.1, 0.15) is 26.1 Å². The Morgan fingerprint density at radius 2 is 2.11 bits per heavy atom. The van der Waals surface area contributed by atoms with Crippen molar-refractivity contribution < 1.29 is 4.74 Å². The molecule has 2 rings (SSSR count). The number of alkyl halides is 1. The van der Waals surface area contributed by atoms with Crippen molar-refractivity contribution in [1.82, 2.24) is 9.55 Å². The maximum absolute atomic E-state index is 5.97. The van der Waals surface area contributed by atoms with Gasteiger partial charge in [0, 0.05) is 19.8 Å². The minimum absolute atomic E-state index is 0.446. The Kier molecular flexibility index (Phi) is 5.23. The topological polar surface area (TPSA) is 27.1 Å². The molecule has 104 valence electrons. The van der Waals surface area contributed by atoms with Crippen LogP contribution in [0.4, 0.5) is 0 Å². The third-order valence-electron chi connectivity index (χ3n) is 2.97. The molecule has 0 amide bonds. The van der Waals surface area contributed by atoms with Crippen molar-refractivity contribution in [2.75, 3.05) is 13.2 Å². The molecule has 0 unspecified atom stereocenters. The first kappa shape index (κ1) is 14.4. The van der Waals surface area contributed by atoms with E-state index in [0.717, 1.165) is 43.0 Å². The number of para-hydroxylation sites is 2. The molecule has 4 heteroatoms. The Balaban J connectivity index is 1.99. The molecule has 0 aliphatic carbocycles. The lowest BCUT2D eigenvalue weighted by Crippen LogP contribution is -2.08. The van der Waals surface area contributed by atoms with Gasteiger partial charge < -0.3 is 9.30 Å². The summed E-state index contributed by atoms with van der Waals surface area (Å²) in [7, 11) is 0. The molecule has 2 aromatic rings. The highest BCUT2D eigenvalue weighted by molar-refractivity contribution is 6.16. The Morgan fingerprint density at radius 1 is 1.32 bits per heavy atom. The van der Waals surface area contributed by atoms with Crippen molar-refractivity contribution in [3.05, 3.63) is 30.1 Å². The number of benzene rings is 1. The van der Waals surface area contributed by atoms with Crippen LogP contribution in [0.15, 0.2) is 24.3 Å². The van der Waals surface area contributed by atoms with E-state index in [0.29, 0.717) is 11.8 Å². The van der Waals surface area contributed by atoms with Crippen molar-refractivity contribution in [2.24, 2.45) is 5.92 Å². The van der Waals surface area contributed by atoms with Gasteiger partial charge in [0.25, 0.3) is 0 Å². The predicted molar refractivity (Wildman–Crippen MR) is 79.6 cm³/mol. The van der Waals surface area contributed by atoms with E-state index in [9.17, 15) is 0 Å². The van der Waals surface area contributed by atoms with Crippen LogP contribution in [-0.4, -0.2) is 22.8 Å². The van der Waals surface area contributed by atoms with Gasteiger partial charge in [-0.25, -0.2) is 4.98 Å². The summed E-state index contributed by atoms with van der Waals surface area (Å²) in [4.78, 5) is 4.55. The van der Waals surface area contributed by atoms with E-state index < -0.39 is 0 Å². The maximum Gasteiger partial charge on any atom is 0.124 e. The maximum atomic E-state index is 5.97. The normalized spacial score (nSPS) is 11.6. The first-order chi connectivity index (χ1) is 9.22. The SMILES string of the molecule is CC(C)COCCCn1c(CCl)nc2ccccc21. The third kappa shape index (κ3) is 3.71. The molecule has 1 heterocycles. The number of nitrogens with zero attached hydrogens (tertiary/aromatic N) is 2. The fourth-order valence-electron chi connectivity index (χ4n) is 2.12. The van der Waals surface area contributed by atoms with E-state index in [2.05, 4.69) is 29.5 Å². The highest BCUT2D eigenvalue weighted by Crippen LogP contribution is 2.17. The van der Waals surface area contributed by atoms with Crippen molar-refractivity contribution >= 4 is 22.6 Å². The fourth-order valence-corrected chi connectivity index (χ4v) is 2.32. The lowest BCUT2D eigenvalue weighted by Gasteiger charge is -2.09. The summed E-state index contributed by atoms with van der Waals surface area (Å²) in [5, 5.41) is 0. The molecule has 0 saturated carbocycles. The number of aryl methyl sites for hydroxylation is 1. The van der Waals surface area contributed by atoms with Gasteiger partial charge in [0.05, 0.1) is 16.9 Å². The highest BCUT2D eigenvalue weighted by atomic mass is 35.5. The number of halogens is 1. The molecule has 0 atom stereocenters. The number of ether oxygens (including phenoxy) is 1. The van der Waals surface area contributed by atoms with Gasteiger partial charge in [0.2, 0.25) is 0 Å². The van der Waals surface area contributed by atoms with Crippen LogP contribution in [0, 0.1) is 5.92 Å². The molecule has 3 nitrogen and oxygen atoms in total. The molecule has 0 radical (unpaired) electrons. The largest absolute Gasteiger partial charge is 0.381 e. The van der Waals surface area contributed by atoms with Crippen LogP contribution < -0.4 is 0 Å². The predicted octanol–water partition coefficient (Wildman–Crippen LogP) is 3.84. The zero-order valence-electron chi connectivity index (χ0n) is 11.6. The molecule has 0 saturated heterocycles. The van der Waals surface area contributed by atoms with Crippen molar-refractivity contribution in [1.29, 1.82) is 0 Å². The Labute approximate surface area is 119 Å². The molecule has 1 aromatic carbocycles. The molecule has 0 spiro atoms. The Hall–Kier alpha value is -1.06. The van der Waals surface area contributed by atoms with Gasteiger partial charge in [-0.1, -0.05) is 26.0 Å². The van der Waals surface area contributed by atoms with Crippen LogP contribution in [0.2, 0.25) is 0 Å². The second-order valence-corrected chi connectivity index (χ2v) is 5.39. The molecule has 0 bridgehead atoms. The lowest BCUT2D eigenvalue weighted by molar-refractivity contribution is 0.105. The molecule has 19 heavy (non-hydrogen) atoms. The number of hydrogen-bond donors (Lipinski definition) is 0. The summed E-state index contributed by atoms with van der Waals surface area (Å²) in [5.74, 6) is 1.97. The number of rotatable bonds is 7. The van der Waals surface area contributed by atoms with Crippen molar-refractivity contribution in [3.63, 3.8) is 0 Å². The van der Waals surface area contributed by atoms with Crippen LogP contribution in [0.3, 0.4) is 0 Å². The Bertz CT molecular complexity index is 522. The zero-order valence-corrected chi connectivity index (χ0v) is 12.4. The minimum Gasteiger partial charge on any atom is -0.381 e. The molecule has 0 aliphatic heterocycles. The van der Waals surface area contributed by atoms with Gasteiger partial charge in [-0.05, 0) is 24.5 Å². The van der Waals surface area contributed by atoms with Crippen LogP contribution in [-0.2, 0) is 17.2 Å². The summed E-state index contributed by atoms with van der Waals surface area (Å²) in [5.41, 5.74) is 2.17. The fraction of sp³-hybridized carbons (Fsp3) is 0.533. The number of imidazole rings is 1. The van der Waals surface area contributed by atoms with E-state index in [1.807, 2.05) is 18.2 Å². The summed E-state index contributed by atoms with van der Waals surface area (Å²) in [6, 6.07) is 8.15. The Morgan fingerprint density at radius 3 is 2.84 bits per heavy atom. The number of hydrogen-bond acceptors (Lipinski definition) is 2. The van der Waals surface area contributed by atoms with E-state index in [1.54, 1.807) is 0 Å². The molecule has 0 N–H and O–H groups in total. The van der Waals surface area contributed by atoms with Gasteiger partial charge in [0.15, 0.2) is 0 Å². The highest BCUT2D eigenvalue weighted by Gasteiger charge is 2.08. The van der Waals surface area contributed by atoms with Gasteiger partial charge >= 0.3 is 0 Å². The third-order valence-corrected chi connectivity index (χ3v) is 3.21. The smallest absolute Gasteiger partial charge is 0.124 e. The van der Waals surface area contributed by atoms with E-state index in [-0.39, 0.29) is 0 Å². The first-order valence-corrected chi connectivity index (χ1v) is 7.33. The molecule has 1 aromatic heterocycles. The summed E-state index contributed by atoms with van der Waals surface area (Å²) >= 11 is 5.97. The average Bonchev–Trinajstić information content (AvgIpc) is 2.76. The number of aromatic nitrogens is 2. The molecule has 0 aliphatic rings. The van der Waals surface area contributed by atoms with Crippen molar-refractivity contribution in [2.45, 2.75) is 32.7 Å². The van der Waals surface area contributed by atoms with E-state index in [1.165, 1.54) is 0 Å². The van der Waals surface area contributed by atoms with Crippen molar-refractivity contribution in [3.8, 4) is 0 Å². The zero-order chi connectivity index (χ0) is 13.7. The average molecular weight is 281 g/mol. The van der Waals surface area contributed by atoms with E-state index >= 15 is 0 Å². The van der Waals surface area contributed by atoms with Gasteiger partial charge in [-0.2, -0.15) is 0 Å². The van der Waals surface area contributed by atoms with Crippen LogP contribution >= 0.6 is 11.6 Å². The lowest BCUT2D eigenvalue weighted by atomic mass is 10.2. The molecule has 0 fully saturated rings. The summed E-state index contributed by atoms with van der Waals surface area (Å²) in [6.45, 7) is 6.84. The quantitative estimate of drug-likeness (QED) is 0.569. The molecular weight excluding hydrogens is 260 g/mol. The van der Waals surface area contributed by atoms with Crippen LogP contribution in [0.5, 0.6) is 0 Å². The van der Waals surface area contributed by atoms with Gasteiger partial charge in [0.1, 0.15) is 5.82 Å². The summed E-state index contributed by atoms with van der Waals surface area (Å²) in [6.07, 6.45) is 0.983. The second-order valence-electron chi connectivity index (χ2n) is 5.12.